The molecule has 0 saturated carbocycles. The average Bonchev–Trinajstić information content (AvgIpc) is 2.77. The topological polar surface area (TPSA) is 114 Å². The lowest BCUT2D eigenvalue weighted by Gasteiger charge is -2.45. The van der Waals surface area contributed by atoms with Gasteiger partial charge in [0.1, 0.15) is 24.2 Å². The number of hydrogen-bond acceptors (Lipinski definition) is 6. The zero-order chi connectivity index (χ0) is 27.0. The quantitative estimate of drug-likeness (QED) is 0.484. The van der Waals surface area contributed by atoms with Gasteiger partial charge in [-0.25, -0.2) is 4.79 Å². The Labute approximate surface area is 208 Å². The number of methoxy groups -OCH3 is 1. The molecule has 9 heteroatoms. The fourth-order valence-electron chi connectivity index (χ4n) is 3.42. The van der Waals surface area contributed by atoms with Crippen LogP contribution in [0.2, 0.25) is 0 Å². The van der Waals surface area contributed by atoms with Crippen molar-refractivity contribution in [3.05, 3.63) is 35.9 Å². The molecule has 0 aliphatic heterocycles. The largest absolute Gasteiger partial charge is 0.468 e. The van der Waals surface area contributed by atoms with Gasteiger partial charge in [-0.15, -0.1) is 0 Å². The molecule has 1 rings (SSSR count). The number of nitrogens with one attached hydrogen (secondary N) is 2. The van der Waals surface area contributed by atoms with Crippen molar-refractivity contribution in [1.82, 2.24) is 15.5 Å². The second-order valence-electron chi connectivity index (χ2n) is 10.3. The summed E-state index contributed by atoms with van der Waals surface area (Å²) in [6.07, 6.45) is -0.186. The first-order chi connectivity index (χ1) is 16.1. The summed E-state index contributed by atoms with van der Waals surface area (Å²) in [6, 6.07) is 6.86. The van der Waals surface area contributed by atoms with Crippen molar-refractivity contribution >= 4 is 23.9 Å². The van der Waals surface area contributed by atoms with Gasteiger partial charge in [-0.2, -0.15) is 0 Å². The first-order valence-corrected chi connectivity index (χ1v) is 11.9. The van der Waals surface area contributed by atoms with E-state index in [0.29, 0.717) is 12.0 Å². The summed E-state index contributed by atoms with van der Waals surface area (Å²) in [5.74, 6) is -1.86. The highest BCUT2D eigenvalue weighted by molar-refractivity contribution is 5.93. The molecule has 0 saturated heterocycles. The lowest BCUT2D eigenvalue weighted by molar-refractivity contribution is -0.151. The number of hydrogen-bond donors (Lipinski definition) is 2. The van der Waals surface area contributed by atoms with Gasteiger partial charge in [0.2, 0.25) is 11.8 Å². The Hall–Kier alpha value is -3.10. The number of amides is 3. The Morgan fingerprint density at radius 2 is 1.57 bits per heavy atom. The lowest BCUT2D eigenvalue weighted by atomic mass is 9.90. The number of alkyl carbamates (subject to hydrolysis) is 1. The average molecular weight is 492 g/mol. The molecule has 3 amide bonds. The third-order valence-electron chi connectivity index (χ3n) is 5.62. The molecule has 0 heterocycles. The molecule has 2 unspecified atom stereocenters. The molecule has 9 nitrogen and oxygen atoms in total. The van der Waals surface area contributed by atoms with Crippen LogP contribution in [0.3, 0.4) is 0 Å². The van der Waals surface area contributed by atoms with Crippen molar-refractivity contribution < 1.29 is 28.7 Å². The molecule has 196 valence electrons. The second-order valence-corrected chi connectivity index (χ2v) is 10.3. The first kappa shape index (κ1) is 29.9. The van der Waals surface area contributed by atoms with E-state index >= 15 is 0 Å². The van der Waals surface area contributed by atoms with E-state index in [1.165, 1.54) is 12.0 Å². The number of carbonyl (C=O) groups excluding carboxylic acids is 4. The summed E-state index contributed by atoms with van der Waals surface area (Å²) >= 11 is 0. The maximum atomic E-state index is 14.1. The third kappa shape index (κ3) is 8.88. The molecule has 1 aromatic carbocycles. The van der Waals surface area contributed by atoms with Crippen LogP contribution < -0.4 is 10.6 Å². The van der Waals surface area contributed by atoms with Crippen LogP contribution in [0.25, 0.3) is 0 Å². The highest BCUT2D eigenvalue weighted by atomic mass is 16.6. The Bertz CT molecular complexity index is 877. The van der Waals surface area contributed by atoms with Crippen LogP contribution in [0, 0.1) is 5.92 Å². The maximum Gasteiger partial charge on any atom is 0.408 e. The first-order valence-electron chi connectivity index (χ1n) is 11.9. The fraction of sp³-hybridized carbons (Fsp3) is 0.615. The predicted molar refractivity (Wildman–Crippen MR) is 133 cm³/mol. The molecule has 2 N–H and O–H groups in total. The highest BCUT2D eigenvalue weighted by Gasteiger charge is 2.43. The standard InChI is InChI=1S/C26H41N3O6/c1-10-26(7,8)29(23(32)20(17(2)3)28-24(33)35-25(4,5)6)21(18-14-12-11-13-15-18)22(31)27-16-19(30)34-9/h11-15,17,20-21H,10,16H2,1-9H3,(H,27,31)(H,28,33). The van der Waals surface area contributed by atoms with Crippen LogP contribution in [0.1, 0.15) is 73.4 Å². The van der Waals surface area contributed by atoms with Crippen LogP contribution in [-0.4, -0.2) is 59.6 Å². The second kappa shape index (κ2) is 12.6. The summed E-state index contributed by atoms with van der Waals surface area (Å²) in [5, 5.41) is 5.28. The van der Waals surface area contributed by atoms with Gasteiger partial charge in [0.15, 0.2) is 0 Å². The van der Waals surface area contributed by atoms with E-state index in [1.807, 2.05) is 40.7 Å². The van der Waals surface area contributed by atoms with E-state index in [9.17, 15) is 19.2 Å². The molecule has 0 aliphatic carbocycles. The van der Waals surface area contributed by atoms with Crippen LogP contribution >= 0.6 is 0 Å². The minimum absolute atomic E-state index is 0.292. The number of rotatable bonds is 10. The molecule has 0 aromatic heterocycles. The molecule has 0 fully saturated rings. The Morgan fingerprint density at radius 1 is 1.00 bits per heavy atom. The van der Waals surface area contributed by atoms with Crippen LogP contribution in [0.15, 0.2) is 30.3 Å². The number of carbonyl (C=O) groups is 4. The van der Waals surface area contributed by atoms with Gasteiger partial charge >= 0.3 is 12.1 Å². The van der Waals surface area contributed by atoms with Gasteiger partial charge < -0.3 is 25.0 Å². The van der Waals surface area contributed by atoms with Gasteiger partial charge in [0.25, 0.3) is 0 Å². The van der Waals surface area contributed by atoms with E-state index in [1.54, 1.807) is 45.0 Å². The summed E-state index contributed by atoms with van der Waals surface area (Å²) in [7, 11) is 1.23. The van der Waals surface area contributed by atoms with Crippen LogP contribution in [-0.2, 0) is 23.9 Å². The molecule has 0 bridgehead atoms. The number of nitrogens with zero attached hydrogens (tertiary/aromatic N) is 1. The smallest absolute Gasteiger partial charge is 0.408 e. The Morgan fingerprint density at radius 3 is 2.03 bits per heavy atom. The molecule has 0 radical (unpaired) electrons. The van der Waals surface area contributed by atoms with Crippen molar-refractivity contribution in [3.63, 3.8) is 0 Å². The van der Waals surface area contributed by atoms with E-state index < -0.39 is 47.1 Å². The molecule has 35 heavy (non-hydrogen) atoms. The van der Waals surface area contributed by atoms with Gasteiger partial charge in [-0.05, 0) is 52.5 Å². The molecule has 1 aromatic rings. The minimum atomic E-state index is -1.05. The SMILES string of the molecule is CCC(C)(C)N(C(=O)C(NC(=O)OC(C)(C)C)C(C)C)C(C(=O)NCC(=O)OC)c1ccccc1. The summed E-state index contributed by atoms with van der Waals surface area (Å²) in [4.78, 5) is 53.3. The number of benzene rings is 1. The summed E-state index contributed by atoms with van der Waals surface area (Å²) in [6.45, 7) is 14.1. The fourth-order valence-corrected chi connectivity index (χ4v) is 3.42. The highest BCUT2D eigenvalue weighted by Crippen LogP contribution is 2.32. The van der Waals surface area contributed by atoms with Crippen molar-refractivity contribution in [1.29, 1.82) is 0 Å². The molecule has 0 aliphatic rings. The van der Waals surface area contributed by atoms with Gasteiger partial charge in [0, 0.05) is 5.54 Å². The van der Waals surface area contributed by atoms with E-state index in [4.69, 9.17) is 4.74 Å². The summed E-state index contributed by atoms with van der Waals surface area (Å²) in [5.41, 5.74) is -0.940. The lowest BCUT2D eigenvalue weighted by Crippen LogP contribution is -2.60. The molecule has 0 spiro atoms. The molecule has 2 atom stereocenters. The normalized spacial score (nSPS) is 13.4. The van der Waals surface area contributed by atoms with Gasteiger partial charge in [-0.3, -0.25) is 14.4 Å². The zero-order valence-electron chi connectivity index (χ0n) is 22.4. The monoisotopic (exact) mass is 491 g/mol. The van der Waals surface area contributed by atoms with Crippen molar-refractivity contribution in [3.8, 4) is 0 Å². The van der Waals surface area contributed by atoms with Crippen molar-refractivity contribution in [2.75, 3.05) is 13.7 Å². The van der Waals surface area contributed by atoms with E-state index in [2.05, 4.69) is 15.4 Å². The number of esters is 1. The Balaban J connectivity index is 3.53. The van der Waals surface area contributed by atoms with E-state index in [-0.39, 0.29) is 12.5 Å². The third-order valence-corrected chi connectivity index (χ3v) is 5.62. The van der Waals surface area contributed by atoms with Crippen LogP contribution in [0.4, 0.5) is 4.79 Å². The minimum Gasteiger partial charge on any atom is -0.468 e. The molecular formula is C26H41N3O6. The molecular weight excluding hydrogens is 450 g/mol. The van der Waals surface area contributed by atoms with E-state index in [0.717, 1.165) is 0 Å². The summed E-state index contributed by atoms with van der Waals surface area (Å²) < 4.78 is 10.0. The zero-order valence-corrected chi connectivity index (χ0v) is 22.4. The predicted octanol–water partition coefficient (Wildman–Crippen LogP) is 3.58. The van der Waals surface area contributed by atoms with Gasteiger partial charge in [0.05, 0.1) is 7.11 Å². The van der Waals surface area contributed by atoms with Gasteiger partial charge in [-0.1, -0.05) is 51.1 Å². The van der Waals surface area contributed by atoms with Crippen molar-refractivity contribution in [2.24, 2.45) is 5.92 Å². The van der Waals surface area contributed by atoms with Crippen LogP contribution in [0.5, 0.6) is 0 Å². The maximum absolute atomic E-state index is 14.1. The Kier molecular flexibility index (Phi) is 10.7. The number of ether oxygens (including phenoxy) is 2. The van der Waals surface area contributed by atoms with Crippen molar-refractivity contribution in [2.45, 2.75) is 85.0 Å².